The molecule has 2 amide bonds. The Bertz CT molecular complexity index is 1550. The van der Waals surface area contributed by atoms with Gasteiger partial charge in [0.25, 0.3) is 5.91 Å². The van der Waals surface area contributed by atoms with Crippen LogP contribution in [0.4, 0.5) is 11.4 Å². The SMILES string of the molecule is COc1cc([C@H]2[C@H]3C(=O)N(c4ccc(Br)cc4)C(=O)[C@H]3ON2c2ccccc2)c(Br)cc1OCc1ccccc1. The van der Waals surface area contributed by atoms with Gasteiger partial charge in [-0.2, -0.15) is 0 Å². The summed E-state index contributed by atoms with van der Waals surface area (Å²) in [5.41, 5.74) is 2.99. The highest BCUT2D eigenvalue weighted by Gasteiger charge is 2.60. The van der Waals surface area contributed by atoms with Crippen molar-refractivity contribution in [2.45, 2.75) is 18.8 Å². The largest absolute Gasteiger partial charge is 0.493 e. The molecule has 2 aliphatic heterocycles. The Morgan fingerprint density at radius 1 is 0.800 bits per heavy atom. The van der Waals surface area contributed by atoms with E-state index >= 15 is 0 Å². The number of halogens is 2. The maximum atomic E-state index is 14.0. The van der Waals surface area contributed by atoms with E-state index in [1.54, 1.807) is 36.4 Å². The van der Waals surface area contributed by atoms with E-state index in [2.05, 4.69) is 31.9 Å². The van der Waals surface area contributed by atoms with Crippen molar-refractivity contribution in [1.82, 2.24) is 0 Å². The first-order valence-electron chi connectivity index (χ1n) is 12.6. The van der Waals surface area contributed by atoms with Crippen LogP contribution in [-0.4, -0.2) is 25.0 Å². The van der Waals surface area contributed by atoms with E-state index in [0.717, 1.165) is 21.3 Å². The van der Waals surface area contributed by atoms with Crippen LogP contribution in [0.3, 0.4) is 0 Å². The van der Waals surface area contributed by atoms with Crippen LogP contribution in [-0.2, 0) is 21.0 Å². The van der Waals surface area contributed by atoms with Crippen LogP contribution in [0.15, 0.2) is 106 Å². The number of ether oxygens (including phenoxy) is 2. The summed E-state index contributed by atoms with van der Waals surface area (Å²) in [6, 6.07) is 29.4. The van der Waals surface area contributed by atoms with Crippen LogP contribution in [0.25, 0.3) is 0 Å². The molecule has 202 valence electrons. The number of hydrogen-bond acceptors (Lipinski definition) is 6. The fourth-order valence-corrected chi connectivity index (χ4v) is 5.98. The molecule has 0 N–H and O–H groups in total. The lowest BCUT2D eigenvalue weighted by molar-refractivity contribution is -0.126. The van der Waals surface area contributed by atoms with E-state index in [1.165, 1.54) is 4.90 Å². The van der Waals surface area contributed by atoms with Gasteiger partial charge in [0.05, 0.1) is 24.5 Å². The molecule has 4 aromatic rings. The Morgan fingerprint density at radius 3 is 2.15 bits per heavy atom. The molecular weight excluding hydrogens is 640 g/mol. The minimum Gasteiger partial charge on any atom is -0.493 e. The van der Waals surface area contributed by atoms with Gasteiger partial charge in [0.15, 0.2) is 17.6 Å². The molecule has 0 radical (unpaired) electrons. The van der Waals surface area contributed by atoms with Crippen LogP contribution < -0.4 is 19.4 Å². The summed E-state index contributed by atoms with van der Waals surface area (Å²) in [5.74, 6) is -0.447. The molecule has 40 heavy (non-hydrogen) atoms. The molecular formula is C31H24Br2N2O5. The van der Waals surface area contributed by atoms with Crippen molar-refractivity contribution in [3.8, 4) is 11.5 Å². The number of methoxy groups -OCH3 is 1. The molecule has 9 heteroatoms. The van der Waals surface area contributed by atoms with Crippen molar-refractivity contribution in [2.24, 2.45) is 5.92 Å². The van der Waals surface area contributed by atoms with E-state index < -0.39 is 24.0 Å². The number of carbonyl (C=O) groups is 2. The lowest BCUT2D eigenvalue weighted by Gasteiger charge is -2.29. The molecule has 2 aliphatic rings. The predicted molar refractivity (Wildman–Crippen MR) is 158 cm³/mol. The molecule has 6 rings (SSSR count). The number of amides is 2. The van der Waals surface area contributed by atoms with Crippen LogP contribution >= 0.6 is 31.9 Å². The molecule has 0 saturated carbocycles. The zero-order chi connectivity index (χ0) is 27.8. The molecule has 0 aromatic heterocycles. The van der Waals surface area contributed by atoms with Gasteiger partial charge >= 0.3 is 0 Å². The molecule has 2 heterocycles. The van der Waals surface area contributed by atoms with Gasteiger partial charge in [-0.3, -0.25) is 14.4 Å². The summed E-state index contributed by atoms with van der Waals surface area (Å²) in [7, 11) is 1.57. The van der Waals surface area contributed by atoms with E-state index in [-0.39, 0.29) is 5.91 Å². The Morgan fingerprint density at radius 2 is 1.48 bits per heavy atom. The lowest BCUT2D eigenvalue weighted by atomic mass is 9.90. The van der Waals surface area contributed by atoms with Crippen molar-refractivity contribution in [2.75, 3.05) is 17.1 Å². The summed E-state index contributed by atoms with van der Waals surface area (Å²) in [6.07, 6.45) is -0.978. The summed E-state index contributed by atoms with van der Waals surface area (Å²) >= 11 is 7.13. The number of imide groups is 1. The van der Waals surface area contributed by atoms with Crippen LogP contribution in [0.5, 0.6) is 11.5 Å². The lowest BCUT2D eigenvalue weighted by Crippen LogP contribution is -2.37. The van der Waals surface area contributed by atoms with Gasteiger partial charge in [0.1, 0.15) is 12.5 Å². The average molecular weight is 664 g/mol. The van der Waals surface area contributed by atoms with E-state index in [0.29, 0.717) is 28.3 Å². The first-order valence-corrected chi connectivity index (χ1v) is 14.2. The fourth-order valence-electron chi connectivity index (χ4n) is 5.16. The van der Waals surface area contributed by atoms with E-state index in [9.17, 15) is 9.59 Å². The molecule has 0 unspecified atom stereocenters. The average Bonchev–Trinajstić information content (AvgIpc) is 3.49. The number of hydrogen-bond donors (Lipinski definition) is 0. The second kappa shape index (κ2) is 11.1. The van der Waals surface area contributed by atoms with Gasteiger partial charge in [0.2, 0.25) is 5.91 Å². The highest BCUT2D eigenvalue weighted by atomic mass is 79.9. The van der Waals surface area contributed by atoms with Crippen LogP contribution in [0.1, 0.15) is 17.2 Å². The summed E-state index contributed by atoms with van der Waals surface area (Å²) in [5, 5.41) is 1.66. The van der Waals surface area contributed by atoms with Gasteiger partial charge in [-0.25, -0.2) is 9.96 Å². The standard InChI is InChI=1S/C31H24Br2N2O5/c1-38-25-16-23(24(33)17-26(25)39-18-19-8-4-2-5-9-19)28-27-29(40-35(28)22-10-6-3-7-11-22)31(37)34(30(27)36)21-14-12-20(32)13-15-21/h2-17,27-29H,18H2,1H3/t27-,28+,29+/m1/s1. The zero-order valence-corrected chi connectivity index (χ0v) is 24.5. The van der Waals surface area contributed by atoms with Gasteiger partial charge in [0, 0.05) is 8.95 Å². The molecule has 7 nitrogen and oxygen atoms in total. The second-order valence-electron chi connectivity index (χ2n) is 9.45. The third-order valence-electron chi connectivity index (χ3n) is 7.05. The molecule has 0 aliphatic carbocycles. The maximum Gasteiger partial charge on any atom is 0.266 e. The maximum absolute atomic E-state index is 14.0. The number of carbonyl (C=O) groups excluding carboxylic acids is 2. The number of anilines is 2. The van der Waals surface area contributed by atoms with Crippen molar-refractivity contribution >= 4 is 55.0 Å². The molecule has 0 spiro atoms. The Balaban J connectivity index is 1.40. The summed E-state index contributed by atoms with van der Waals surface area (Å²) < 4.78 is 13.4. The topological polar surface area (TPSA) is 68.3 Å². The van der Waals surface area contributed by atoms with Crippen molar-refractivity contribution < 1.29 is 23.9 Å². The fraction of sp³-hybridized carbons (Fsp3) is 0.161. The Hall–Kier alpha value is -3.66. The monoisotopic (exact) mass is 662 g/mol. The number of fused-ring (bicyclic) bond motifs is 1. The van der Waals surface area contributed by atoms with Crippen molar-refractivity contribution in [3.63, 3.8) is 0 Å². The quantitative estimate of drug-likeness (QED) is 0.202. The van der Waals surface area contributed by atoms with Gasteiger partial charge < -0.3 is 9.47 Å². The Kier molecular flexibility index (Phi) is 7.35. The first kappa shape index (κ1) is 26.6. The third-order valence-corrected chi connectivity index (χ3v) is 8.27. The predicted octanol–water partition coefficient (Wildman–Crippen LogP) is 6.85. The normalized spacial score (nSPS) is 20.1. The molecule has 0 bridgehead atoms. The van der Waals surface area contributed by atoms with Crippen molar-refractivity contribution in [3.05, 3.63) is 117 Å². The summed E-state index contributed by atoms with van der Waals surface area (Å²) in [4.78, 5) is 35.1. The minimum absolute atomic E-state index is 0.323. The van der Waals surface area contributed by atoms with Gasteiger partial charge in [-0.05, 0) is 59.7 Å². The highest BCUT2D eigenvalue weighted by Crippen LogP contribution is 2.50. The van der Waals surface area contributed by atoms with E-state index in [4.69, 9.17) is 14.3 Å². The zero-order valence-electron chi connectivity index (χ0n) is 21.4. The molecule has 4 aromatic carbocycles. The highest BCUT2D eigenvalue weighted by molar-refractivity contribution is 9.10. The van der Waals surface area contributed by atoms with Crippen LogP contribution in [0, 0.1) is 5.92 Å². The molecule has 2 fully saturated rings. The van der Waals surface area contributed by atoms with Crippen LogP contribution in [0.2, 0.25) is 0 Å². The van der Waals surface area contributed by atoms with Crippen molar-refractivity contribution in [1.29, 1.82) is 0 Å². The number of hydroxylamine groups is 1. The smallest absolute Gasteiger partial charge is 0.266 e. The molecule has 3 atom stereocenters. The third kappa shape index (κ3) is 4.78. The number of benzene rings is 4. The van der Waals surface area contributed by atoms with Gasteiger partial charge in [-0.15, -0.1) is 0 Å². The summed E-state index contributed by atoms with van der Waals surface area (Å²) in [6.45, 7) is 0.367. The first-order chi connectivity index (χ1) is 19.5. The Labute approximate surface area is 248 Å². The van der Waals surface area contributed by atoms with Gasteiger partial charge in [-0.1, -0.05) is 80.4 Å². The van der Waals surface area contributed by atoms with E-state index in [1.807, 2.05) is 72.8 Å². The number of para-hydroxylation sites is 1. The number of nitrogens with zero attached hydrogens (tertiary/aromatic N) is 2. The molecule has 2 saturated heterocycles. The number of rotatable bonds is 7. The minimum atomic E-state index is -0.978. The second-order valence-corrected chi connectivity index (χ2v) is 11.2.